The van der Waals surface area contributed by atoms with E-state index in [0.717, 1.165) is 13.0 Å². The van der Waals surface area contributed by atoms with Crippen molar-refractivity contribution in [2.24, 2.45) is 0 Å². The minimum atomic E-state index is 0.143. The van der Waals surface area contributed by atoms with Gasteiger partial charge < -0.3 is 4.74 Å². The third kappa shape index (κ3) is 12.1. The number of allylic oxidation sites excluding steroid dienone is 8. The Balaban J connectivity index is 2.19. The molecule has 0 radical (unpaired) electrons. The summed E-state index contributed by atoms with van der Waals surface area (Å²) in [5, 5.41) is 0. The molecule has 0 bridgehead atoms. The van der Waals surface area contributed by atoms with Crippen LogP contribution in [0, 0.1) is 0 Å². The lowest BCUT2D eigenvalue weighted by atomic mass is 9.95. The fraction of sp³-hybridized carbons (Fsp3) is 0.692. The van der Waals surface area contributed by atoms with Crippen LogP contribution in [0.15, 0.2) is 46.6 Å². The second-order valence-corrected chi connectivity index (χ2v) is 8.99. The molecule has 0 N–H and O–H groups in total. The van der Waals surface area contributed by atoms with Gasteiger partial charge in [0.15, 0.2) is 0 Å². The molecule has 1 nitrogen and oxygen atoms in total. The molecule has 1 atom stereocenters. The molecule has 1 heteroatoms. The molecule has 27 heavy (non-hydrogen) atoms. The van der Waals surface area contributed by atoms with Gasteiger partial charge in [-0.1, -0.05) is 46.6 Å². The SMILES string of the molecule is CC(C)=CCC/C(C)=C/CC/C(C)=C/CC/C(C)=C/CCC1(C)CCCO1. The Labute approximate surface area is 169 Å². The van der Waals surface area contributed by atoms with E-state index in [1.165, 1.54) is 80.1 Å². The van der Waals surface area contributed by atoms with E-state index in [-0.39, 0.29) is 5.60 Å². The summed E-state index contributed by atoms with van der Waals surface area (Å²) >= 11 is 0. The maximum absolute atomic E-state index is 5.87. The van der Waals surface area contributed by atoms with Gasteiger partial charge in [0.25, 0.3) is 0 Å². The molecule has 0 aliphatic carbocycles. The molecule has 0 aromatic rings. The minimum Gasteiger partial charge on any atom is -0.375 e. The summed E-state index contributed by atoms with van der Waals surface area (Å²) in [7, 11) is 0. The molecule has 154 valence electrons. The van der Waals surface area contributed by atoms with Crippen molar-refractivity contribution in [2.45, 2.75) is 111 Å². The van der Waals surface area contributed by atoms with Gasteiger partial charge in [-0.25, -0.2) is 0 Å². The number of hydrogen-bond donors (Lipinski definition) is 0. The standard InChI is InChI=1S/C26H44O/c1-22(2)12-7-13-23(3)14-8-15-24(4)16-9-17-25(5)18-10-19-26(6)20-11-21-27-26/h12,14,16,18H,7-11,13,15,17,19-21H2,1-6H3/b23-14+,24-16+,25-18+. The Morgan fingerprint density at radius 2 is 1.22 bits per heavy atom. The van der Waals surface area contributed by atoms with Crippen LogP contribution in [0.1, 0.15) is 106 Å². The van der Waals surface area contributed by atoms with Gasteiger partial charge in [0, 0.05) is 6.61 Å². The Hall–Kier alpha value is -1.08. The minimum absolute atomic E-state index is 0.143. The fourth-order valence-electron chi connectivity index (χ4n) is 3.65. The molecule has 0 aromatic heterocycles. The largest absolute Gasteiger partial charge is 0.375 e. The van der Waals surface area contributed by atoms with Crippen LogP contribution in [-0.2, 0) is 4.74 Å². The Bertz CT molecular complexity index is 535. The number of rotatable bonds is 12. The van der Waals surface area contributed by atoms with E-state index in [1.54, 1.807) is 0 Å². The van der Waals surface area contributed by atoms with Crippen LogP contribution in [0.25, 0.3) is 0 Å². The van der Waals surface area contributed by atoms with Crippen LogP contribution >= 0.6 is 0 Å². The van der Waals surface area contributed by atoms with Gasteiger partial charge in [0.1, 0.15) is 0 Å². The highest BCUT2D eigenvalue weighted by Gasteiger charge is 2.28. The molecule has 0 saturated carbocycles. The monoisotopic (exact) mass is 372 g/mol. The van der Waals surface area contributed by atoms with Gasteiger partial charge in [-0.05, 0) is 106 Å². The summed E-state index contributed by atoms with van der Waals surface area (Å²) in [6.07, 6.45) is 21.5. The lowest BCUT2D eigenvalue weighted by Gasteiger charge is -2.22. The van der Waals surface area contributed by atoms with Crippen molar-refractivity contribution in [1.82, 2.24) is 0 Å². The molecule has 0 amide bonds. The summed E-state index contributed by atoms with van der Waals surface area (Å²) in [5.74, 6) is 0. The third-order valence-corrected chi connectivity index (χ3v) is 5.62. The van der Waals surface area contributed by atoms with Crippen molar-refractivity contribution in [1.29, 1.82) is 0 Å². The molecular weight excluding hydrogens is 328 g/mol. The Kier molecular flexibility index (Phi) is 11.7. The summed E-state index contributed by atoms with van der Waals surface area (Å²) in [4.78, 5) is 0. The van der Waals surface area contributed by atoms with Crippen LogP contribution in [0.3, 0.4) is 0 Å². The third-order valence-electron chi connectivity index (χ3n) is 5.62. The number of ether oxygens (including phenoxy) is 1. The summed E-state index contributed by atoms with van der Waals surface area (Å²) in [6, 6.07) is 0. The predicted molar refractivity (Wildman–Crippen MR) is 121 cm³/mol. The van der Waals surface area contributed by atoms with E-state index >= 15 is 0 Å². The molecule has 1 heterocycles. The van der Waals surface area contributed by atoms with Crippen molar-refractivity contribution in [3.8, 4) is 0 Å². The molecule has 1 rings (SSSR count). The molecule has 1 aliphatic heterocycles. The highest BCUT2D eigenvalue weighted by atomic mass is 16.5. The molecule has 1 fully saturated rings. The normalized spacial score (nSPS) is 21.6. The summed E-state index contributed by atoms with van der Waals surface area (Å²) in [5.41, 5.74) is 6.15. The highest BCUT2D eigenvalue weighted by molar-refractivity contribution is 5.07. The van der Waals surface area contributed by atoms with E-state index in [1.807, 2.05) is 0 Å². The van der Waals surface area contributed by atoms with E-state index in [9.17, 15) is 0 Å². The van der Waals surface area contributed by atoms with Crippen molar-refractivity contribution in [2.75, 3.05) is 6.61 Å². The second kappa shape index (κ2) is 13.2. The quantitative estimate of drug-likeness (QED) is 0.312. The molecule has 0 spiro atoms. The Morgan fingerprint density at radius 3 is 1.67 bits per heavy atom. The first-order valence-electron chi connectivity index (χ1n) is 11.0. The van der Waals surface area contributed by atoms with Gasteiger partial charge in [-0.15, -0.1) is 0 Å². The second-order valence-electron chi connectivity index (χ2n) is 8.99. The van der Waals surface area contributed by atoms with Gasteiger partial charge in [0.2, 0.25) is 0 Å². The van der Waals surface area contributed by atoms with Crippen LogP contribution in [0.5, 0.6) is 0 Å². The lowest BCUT2D eigenvalue weighted by Crippen LogP contribution is -2.22. The zero-order chi connectivity index (χ0) is 20.1. The van der Waals surface area contributed by atoms with Crippen molar-refractivity contribution < 1.29 is 4.74 Å². The van der Waals surface area contributed by atoms with Gasteiger partial charge in [-0.2, -0.15) is 0 Å². The van der Waals surface area contributed by atoms with Crippen LogP contribution in [0.2, 0.25) is 0 Å². The van der Waals surface area contributed by atoms with Gasteiger partial charge >= 0.3 is 0 Å². The first-order chi connectivity index (χ1) is 12.8. The average molecular weight is 373 g/mol. The van der Waals surface area contributed by atoms with E-state index in [2.05, 4.69) is 65.8 Å². The topological polar surface area (TPSA) is 9.23 Å². The molecule has 1 saturated heterocycles. The smallest absolute Gasteiger partial charge is 0.0658 e. The van der Waals surface area contributed by atoms with Crippen molar-refractivity contribution in [3.05, 3.63) is 46.6 Å². The maximum Gasteiger partial charge on any atom is 0.0658 e. The van der Waals surface area contributed by atoms with E-state index in [4.69, 9.17) is 4.74 Å². The van der Waals surface area contributed by atoms with E-state index in [0.29, 0.717) is 0 Å². The van der Waals surface area contributed by atoms with E-state index < -0.39 is 0 Å². The molecule has 1 unspecified atom stereocenters. The lowest BCUT2D eigenvalue weighted by molar-refractivity contribution is 0.0141. The highest BCUT2D eigenvalue weighted by Crippen LogP contribution is 2.30. The van der Waals surface area contributed by atoms with Gasteiger partial charge in [0.05, 0.1) is 5.60 Å². The van der Waals surface area contributed by atoms with Crippen molar-refractivity contribution in [3.63, 3.8) is 0 Å². The maximum atomic E-state index is 5.87. The molecular formula is C26H44O. The number of hydrogen-bond acceptors (Lipinski definition) is 1. The zero-order valence-electron chi connectivity index (χ0n) is 19.0. The predicted octanol–water partition coefficient (Wildman–Crippen LogP) is 8.48. The first kappa shape index (κ1) is 24.0. The fourth-order valence-corrected chi connectivity index (χ4v) is 3.65. The van der Waals surface area contributed by atoms with Crippen LogP contribution in [-0.4, -0.2) is 12.2 Å². The Morgan fingerprint density at radius 1 is 0.741 bits per heavy atom. The average Bonchev–Trinajstić information content (AvgIpc) is 3.01. The summed E-state index contributed by atoms with van der Waals surface area (Å²) < 4.78 is 5.87. The van der Waals surface area contributed by atoms with Crippen LogP contribution in [0.4, 0.5) is 0 Å². The summed E-state index contributed by atoms with van der Waals surface area (Å²) in [6.45, 7) is 14.4. The first-order valence-corrected chi connectivity index (χ1v) is 11.0. The molecule has 1 aliphatic rings. The van der Waals surface area contributed by atoms with Gasteiger partial charge in [-0.3, -0.25) is 0 Å². The zero-order valence-corrected chi connectivity index (χ0v) is 19.0. The van der Waals surface area contributed by atoms with Crippen LogP contribution < -0.4 is 0 Å². The van der Waals surface area contributed by atoms with Crippen molar-refractivity contribution >= 4 is 0 Å². The molecule has 0 aromatic carbocycles.